The minimum absolute atomic E-state index is 0. The van der Waals surface area contributed by atoms with Crippen molar-refractivity contribution in [2.45, 2.75) is 19.1 Å². The molecule has 1 fully saturated rings. The standard InChI is InChI=1S/C12H15ClN2O2.ClH/c1-7-4-8(13)2-3-9(7)12(17)15-10-5-14-6-11(10)16;/h2-4,10-11,14,16H,5-6H2,1H3,(H,15,17);1H/t10-,11-;/m1./s1. The van der Waals surface area contributed by atoms with Gasteiger partial charge in [0.05, 0.1) is 12.1 Å². The highest BCUT2D eigenvalue weighted by Crippen LogP contribution is 2.15. The summed E-state index contributed by atoms with van der Waals surface area (Å²) in [5.41, 5.74) is 1.42. The monoisotopic (exact) mass is 290 g/mol. The number of amides is 1. The van der Waals surface area contributed by atoms with E-state index in [-0.39, 0.29) is 24.4 Å². The zero-order valence-electron chi connectivity index (χ0n) is 9.94. The quantitative estimate of drug-likeness (QED) is 0.765. The van der Waals surface area contributed by atoms with E-state index in [1.807, 2.05) is 6.92 Å². The maximum atomic E-state index is 12.0. The topological polar surface area (TPSA) is 61.4 Å². The second-order valence-corrected chi connectivity index (χ2v) is 4.70. The lowest BCUT2D eigenvalue weighted by Gasteiger charge is -2.16. The maximum absolute atomic E-state index is 12.0. The van der Waals surface area contributed by atoms with E-state index >= 15 is 0 Å². The van der Waals surface area contributed by atoms with Crippen molar-refractivity contribution < 1.29 is 9.90 Å². The summed E-state index contributed by atoms with van der Waals surface area (Å²) in [4.78, 5) is 12.0. The summed E-state index contributed by atoms with van der Waals surface area (Å²) < 4.78 is 0. The molecule has 0 aromatic heterocycles. The molecule has 1 heterocycles. The molecule has 1 saturated heterocycles. The van der Waals surface area contributed by atoms with Crippen LogP contribution in [0.1, 0.15) is 15.9 Å². The average molecular weight is 291 g/mol. The van der Waals surface area contributed by atoms with Crippen LogP contribution in [0.4, 0.5) is 0 Å². The molecule has 100 valence electrons. The number of aliphatic hydroxyl groups excluding tert-OH is 1. The van der Waals surface area contributed by atoms with Crippen LogP contribution >= 0.6 is 24.0 Å². The third-order valence-electron chi connectivity index (χ3n) is 2.93. The first-order valence-corrected chi connectivity index (χ1v) is 5.91. The molecule has 4 nitrogen and oxygen atoms in total. The van der Waals surface area contributed by atoms with Crippen molar-refractivity contribution in [2.24, 2.45) is 0 Å². The zero-order valence-corrected chi connectivity index (χ0v) is 11.5. The Labute approximate surface area is 117 Å². The van der Waals surface area contributed by atoms with Crippen LogP contribution < -0.4 is 10.6 Å². The summed E-state index contributed by atoms with van der Waals surface area (Å²) in [5.74, 6) is -0.174. The number of β-amino-alcohol motifs (C(OH)–C–C–N with tert-alkyl or cyclic N) is 1. The smallest absolute Gasteiger partial charge is 0.251 e. The number of hydrogen-bond acceptors (Lipinski definition) is 3. The van der Waals surface area contributed by atoms with Crippen LogP contribution in [0.25, 0.3) is 0 Å². The largest absolute Gasteiger partial charge is 0.390 e. The Morgan fingerprint density at radius 3 is 2.78 bits per heavy atom. The third-order valence-corrected chi connectivity index (χ3v) is 3.17. The molecular weight excluding hydrogens is 275 g/mol. The van der Waals surface area contributed by atoms with Gasteiger partial charge in [-0.15, -0.1) is 12.4 Å². The summed E-state index contributed by atoms with van der Waals surface area (Å²) in [6.45, 7) is 2.95. The molecule has 18 heavy (non-hydrogen) atoms. The number of nitrogens with one attached hydrogen (secondary N) is 2. The van der Waals surface area contributed by atoms with Crippen molar-refractivity contribution in [3.05, 3.63) is 34.3 Å². The van der Waals surface area contributed by atoms with Crippen molar-refractivity contribution in [3.8, 4) is 0 Å². The van der Waals surface area contributed by atoms with Gasteiger partial charge in [-0.2, -0.15) is 0 Å². The van der Waals surface area contributed by atoms with E-state index in [0.717, 1.165) is 5.56 Å². The molecule has 0 saturated carbocycles. The number of carbonyl (C=O) groups excluding carboxylic acids is 1. The number of aryl methyl sites for hydroxylation is 1. The summed E-state index contributed by atoms with van der Waals surface area (Å²) in [6, 6.07) is 4.91. The van der Waals surface area contributed by atoms with Gasteiger partial charge in [0.25, 0.3) is 5.91 Å². The van der Waals surface area contributed by atoms with E-state index in [1.54, 1.807) is 18.2 Å². The number of benzene rings is 1. The number of halogens is 2. The van der Waals surface area contributed by atoms with E-state index < -0.39 is 6.10 Å². The Bertz CT molecular complexity index is 440. The average Bonchev–Trinajstić information content (AvgIpc) is 2.64. The normalized spacial score (nSPS) is 22.4. The molecule has 2 atom stereocenters. The van der Waals surface area contributed by atoms with Crippen LogP contribution in [0.2, 0.25) is 5.02 Å². The van der Waals surface area contributed by atoms with Crippen LogP contribution in [0.3, 0.4) is 0 Å². The van der Waals surface area contributed by atoms with Crippen molar-refractivity contribution in [3.63, 3.8) is 0 Å². The van der Waals surface area contributed by atoms with Crippen LogP contribution in [0, 0.1) is 6.92 Å². The molecule has 0 bridgehead atoms. The Hall–Kier alpha value is -0.810. The number of hydrogen-bond donors (Lipinski definition) is 3. The molecule has 2 rings (SSSR count). The molecule has 1 aromatic carbocycles. The Kier molecular flexibility index (Phi) is 5.41. The molecule has 1 aliphatic rings. The molecule has 1 amide bonds. The molecule has 0 spiro atoms. The zero-order chi connectivity index (χ0) is 12.4. The second kappa shape index (κ2) is 6.38. The second-order valence-electron chi connectivity index (χ2n) is 4.26. The van der Waals surface area contributed by atoms with Crippen LogP contribution in [-0.2, 0) is 0 Å². The first kappa shape index (κ1) is 15.2. The fraction of sp³-hybridized carbons (Fsp3) is 0.417. The van der Waals surface area contributed by atoms with E-state index in [4.69, 9.17) is 11.6 Å². The summed E-state index contributed by atoms with van der Waals surface area (Å²) in [7, 11) is 0. The van der Waals surface area contributed by atoms with Gasteiger partial charge in [0.1, 0.15) is 0 Å². The number of aliphatic hydroxyl groups is 1. The van der Waals surface area contributed by atoms with E-state index in [1.165, 1.54) is 0 Å². The van der Waals surface area contributed by atoms with E-state index in [0.29, 0.717) is 23.7 Å². The third kappa shape index (κ3) is 3.36. The van der Waals surface area contributed by atoms with Crippen molar-refractivity contribution in [1.29, 1.82) is 0 Å². The van der Waals surface area contributed by atoms with Crippen LogP contribution in [-0.4, -0.2) is 36.2 Å². The molecule has 1 aliphatic heterocycles. The molecule has 1 aromatic rings. The SMILES string of the molecule is Cc1cc(Cl)ccc1C(=O)N[C@@H]1CNC[C@H]1O.Cl. The first-order valence-electron chi connectivity index (χ1n) is 5.53. The molecule has 3 N–H and O–H groups in total. The van der Waals surface area contributed by atoms with Gasteiger partial charge in [-0.3, -0.25) is 4.79 Å². The fourth-order valence-corrected chi connectivity index (χ4v) is 2.17. The van der Waals surface area contributed by atoms with Gasteiger partial charge in [-0.25, -0.2) is 0 Å². The number of carbonyl (C=O) groups is 1. The van der Waals surface area contributed by atoms with Gasteiger partial charge >= 0.3 is 0 Å². The van der Waals surface area contributed by atoms with Crippen LogP contribution in [0.15, 0.2) is 18.2 Å². The number of rotatable bonds is 2. The van der Waals surface area contributed by atoms with Crippen molar-refractivity contribution in [1.82, 2.24) is 10.6 Å². The van der Waals surface area contributed by atoms with E-state index in [2.05, 4.69) is 10.6 Å². The maximum Gasteiger partial charge on any atom is 0.251 e. The molecule has 6 heteroatoms. The molecular formula is C12H16Cl2N2O2. The van der Waals surface area contributed by atoms with Gasteiger partial charge in [0.2, 0.25) is 0 Å². The van der Waals surface area contributed by atoms with Gasteiger partial charge in [0.15, 0.2) is 0 Å². The Morgan fingerprint density at radius 2 is 2.22 bits per heavy atom. The van der Waals surface area contributed by atoms with Gasteiger partial charge in [-0.05, 0) is 30.7 Å². The Balaban J connectivity index is 0.00000162. The minimum atomic E-state index is -0.522. The van der Waals surface area contributed by atoms with Crippen molar-refractivity contribution >= 4 is 29.9 Å². The fourth-order valence-electron chi connectivity index (χ4n) is 1.94. The highest BCUT2D eigenvalue weighted by atomic mass is 35.5. The van der Waals surface area contributed by atoms with Gasteiger partial charge in [-0.1, -0.05) is 11.6 Å². The van der Waals surface area contributed by atoms with Crippen molar-refractivity contribution in [2.75, 3.05) is 13.1 Å². The molecule has 0 unspecified atom stereocenters. The summed E-state index contributed by atoms with van der Waals surface area (Å²) in [6.07, 6.45) is -0.522. The lowest BCUT2D eigenvalue weighted by atomic mass is 10.1. The molecule has 0 aliphatic carbocycles. The minimum Gasteiger partial charge on any atom is -0.390 e. The summed E-state index contributed by atoms with van der Waals surface area (Å²) >= 11 is 5.83. The first-order chi connectivity index (χ1) is 8.08. The van der Waals surface area contributed by atoms with Gasteiger partial charge in [0, 0.05) is 23.7 Å². The Morgan fingerprint density at radius 1 is 1.50 bits per heavy atom. The predicted molar refractivity (Wildman–Crippen MR) is 73.6 cm³/mol. The highest BCUT2D eigenvalue weighted by Gasteiger charge is 2.26. The van der Waals surface area contributed by atoms with Crippen LogP contribution in [0.5, 0.6) is 0 Å². The summed E-state index contributed by atoms with van der Waals surface area (Å²) in [5, 5.41) is 16.0. The molecule has 0 radical (unpaired) electrons. The lowest BCUT2D eigenvalue weighted by Crippen LogP contribution is -2.42. The van der Waals surface area contributed by atoms with E-state index in [9.17, 15) is 9.90 Å². The predicted octanol–water partition coefficient (Wildman–Crippen LogP) is 1.13. The highest BCUT2D eigenvalue weighted by molar-refractivity contribution is 6.30. The lowest BCUT2D eigenvalue weighted by molar-refractivity contribution is 0.0888. The van der Waals surface area contributed by atoms with Gasteiger partial charge < -0.3 is 15.7 Å².